The number of amides is 1. The zero-order valence-corrected chi connectivity index (χ0v) is 17.6. The molecule has 30 heavy (non-hydrogen) atoms. The molecular weight excluding hydrogens is 378 g/mol. The fourth-order valence-electron chi connectivity index (χ4n) is 3.75. The van der Waals surface area contributed by atoms with Crippen molar-refractivity contribution < 1.29 is 25.6 Å². The standard InChI is InChI=1S/C25H37NO4/c1-2-26-25(30)13-9-4-3-8-12-21-22(24(29)18-23(21)28)17-16-20(27)15-14-19-10-6-5-7-11-19/h3,5-8,10-11,16-17,20-24,27-29H,2,4,9,12-15,18H2,1H3,(H,26,30)/i4D2,9D2. The fraction of sp³-hybridized carbons (Fsp3) is 0.560. The van der Waals surface area contributed by atoms with Crippen molar-refractivity contribution in [2.45, 2.75) is 70.1 Å². The Morgan fingerprint density at radius 1 is 1.27 bits per heavy atom. The van der Waals surface area contributed by atoms with Gasteiger partial charge >= 0.3 is 0 Å². The third-order valence-electron chi connectivity index (χ3n) is 5.38. The van der Waals surface area contributed by atoms with Crippen LogP contribution in [0.25, 0.3) is 0 Å². The van der Waals surface area contributed by atoms with E-state index in [1.165, 1.54) is 6.08 Å². The van der Waals surface area contributed by atoms with Crippen molar-refractivity contribution in [2.75, 3.05) is 6.54 Å². The fourth-order valence-corrected chi connectivity index (χ4v) is 3.75. The number of carbonyl (C=O) groups is 1. The quantitative estimate of drug-likeness (QED) is 0.392. The molecule has 5 atom stereocenters. The van der Waals surface area contributed by atoms with E-state index in [2.05, 4.69) is 5.32 Å². The molecule has 2 rings (SSSR count). The number of aliphatic hydroxyl groups is 3. The minimum absolute atomic E-state index is 0.179. The number of nitrogens with one attached hydrogen (secondary N) is 1. The van der Waals surface area contributed by atoms with Crippen molar-refractivity contribution in [3.63, 3.8) is 0 Å². The van der Waals surface area contributed by atoms with Crippen molar-refractivity contribution in [2.24, 2.45) is 11.8 Å². The minimum atomic E-state index is -2.40. The van der Waals surface area contributed by atoms with Gasteiger partial charge in [-0.15, -0.1) is 0 Å². The lowest BCUT2D eigenvalue weighted by Crippen LogP contribution is -2.21. The summed E-state index contributed by atoms with van der Waals surface area (Å²) in [4.78, 5) is 11.7. The summed E-state index contributed by atoms with van der Waals surface area (Å²) in [5.74, 6) is -1.37. The Kier molecular flexibility index (Phi) is 8.38. The number of rotatable bonds is 12. The molecule has 166 valence electrons. The van der Waals surface area contributed by atoms with Crippen molar-refractivity contribution in [3.05, 3.63) is 60.2 Å². The molecule has 1 aliphatic carbocycles. The summed E-state index contributed by atoms with van der Waals surface area (Å²) in [5.41, 5.74) is 1.12. The molecule has 5 heteroatoms. The van der Waals surface area contributed by atoms with E-state index in [0.717, 1.165) is 11.6 Å². The molecule has 1 saturated carbocycles. The highest BCUT2D eigenvalue weighted by atomic mass is 16.3. The van der Waals surface area contributed by atoms with Crippen LogP contribution in [0.3, 0.4) is 0 Å². The maximum atomic E-state index is 11.7. The Hall–Kier alpha value is -1.95. The molecule has 0 saturated heterocycles. The third-order valence-corrected chi connectivity index (χ3v) is 5.38. The Labute approximate surface area is 186 Å². The van der Waals surface area contributed by atoms with Crippen LogP contribution in [0.15, 0.2) is 54.6 Å². The number of allylic oxidation sites excluding steroid dienone is 2. The summed E-state index contributed by atoms with van der Waals surface area (Å²) >= 11 is 0. The highest BCUT2D eigenvalue weighted by Gasteiger charge is 2.39. The van der Waals surface area contributed by atoms with Crippen LogP contribution in [0.2, 0.25) is 0 Å². The normalized spacial score (nSPS) is 28.1. The summed E-state index contributed by atoms with van der Waals surface area (Å²) < 4.78 is 32.2. The van der Waals surface area contributed by atoms with Gasteiger partial charge in [-0.2, -0.15) is 0 Å². The molecule has 0 heterocycles. The second kappa shape index (κ2) is 13.4. The summed E-state index contributed by atoms with van der Waals surface area (Å²) in [6, 6.07) is 9.81. The Morgan fingerprint density at radius 2 is 2.03 bits per heavy atom. The predicted molar refractivity (Wildman–Crippen MR) is 120 cm³/mol. The van der Waals surface area contributed by atoms with Gasteiger partial charge < -0.3 is 20.6 Å². The maximum absolute atomic E-state index is 11.7. The molecule has 0 aromatic heterocycles. The topological polar surface area (TPSA) is 89.8 Å². The van der Waals surface area contributed by atoms with Crippen molar-refractivity contribution in [3.8, 4) is 0 Å². The number of benzene rings is 1. The largest absolute Gasteiger partial charge is 0.393 e. The molecule has 1 aromatic rings. The average molecular weight is 420 g/mol. The van der Waals surface area contributed by atoms with Gasteiger partial charge in [0.05, 0.1) is 18.3 Å². The van der Waals surface area contributed by atoms with Gasteiger partial charge in [0, 0.05) is 30.8 Å². The number of aryl methyl sites for hydroxylation is 1. The van der Waals surface area contributed by atoms with Crippen LogP contribution in [0, 0.1) is 11.8 Å². The molecule has 1 aliphatic rings. The van der Waals surface area contributed by atoms with Gasteiger partial charge in [0.1, 0.15) is 0 Å². The highest BCUT2D eigenvalue weighted by Crippen LogP contribution is 2.36. The van der Waals surface area contributed by atoms with Gasteiger partial charge in [0.15, 0.2) is 0 Å². The summed E-state index contributed by atoms with van der Waals surface area (Å²) in [6.07, 6.45) is -0.117. The van der Waals surface area contributed by atoms with Crippen molar-refractivity contribution in [1.29, 1.82) is 0 Å². The molecule has 0 spiro atoms. The zero-order valence-electron chi connectivity index (χ0n) is 21.6. The van der Waals surface area contributed by atoms with E-state index in [1.54, 1.807) is 19.1 Å². The van der Waals surface area contributed by atoms with Crippen LogP contribution in [-0.4, -0.2) is 46.1 Å². The molecule has 5 unspecified atom stereocenters. The summed E-state index contributed by atoms with van der Waals surface area (Å²) in [6.45, 7) is 2.04. The lowest BCUT2D eigenvalue weighted by Gasteiger charge is -2.19. The first-order valence-electron chi connectivity index (χ1n) is 12.7. The highest BCUT2D eigenvalue weighted by molar-refractivity contribution is 5.75. The second-order valence-corrected chi connectivity index (χ2v) is 7.68. The molecular formula is C25H37NO4. The summed E-state index contributed by atoms with van der Waals surface area (Å²) in [5, 5.41) is 33.6. The van der Waals surface area contributed by atoms with Gasteiger partial charge in [0.25, 0.3) is 0 Å². The lowest BCUT2D eigenvalue weighted by atomic mass is 9.89. The molecule has 1 fully saturated rings. The number of carbonyl (C=O) groups excluding carboxylic acids is 1. The number of hydrogen-bond acceptors (Lipinski definition) is 4. The second-order valence-electron chi connectivity index (χ2n) is 7.68. The first kappa shape index (κ1) is 18.8. The van der Waals surface area contributed by atoms with Crippen LogP contribution < -0.4 is 5.32 Å². The Morgan fingerprint density at radius 3 is 2.77 bits per heavy atom. The van der Waals surface area contributed by atoms with Crippen molar-refractivity contribution >= 4 is 5.91 Å². The number of hydrogen-bond donors (Lipinski definition) is 4. The molecule has 1 amide bonds. The average Bonchev–Trinajstić information content (AvgIpc) is 3.03. The third kappa shape index (κ3) is 8.42. The zero-order chi connectivity index (χ0) is 25.4. The molecule has 0 aliphatic heterocycles. The van der Waals surface area contributed by atoms with E-state index in [1.807, 2.05) is 30.3 Å². The molecule has 1 aromatic carbocycles. The van der Waals surface area contributed by atoms with Crippen molar-refractivity contribution in [1.82, 2.24) is 5.32 Å². The number of aliphatic hydroxyl groups excluding tert-OH is 3. The molecule has 0 bridgehead atoms. The van der Waals surface area contributed by atoms with Crippen LogP contribution in [0.5, 0.6) is 0 Å². The van der Waals surface area contributed by atoms with Gasteiger partial charge in [-0.3, -0.25) is 4.79 Å². The van der Waals surface area contributed by atoms with E-state index in [-0.39, 0.29) is 12.8 Å². The smallest absolute Gasteiger partial charge is 0.219 e. The minimum Gasteiger partial charge on any atom is -0.393 e. The van der Waals surface area contributed by atoms with Gasteiger partial charge in [-0.1, -0.05) is 54.6 Å². The van der Waals surface area contributed by atoms with Crippen LogP contribution >= 0.6 is 0 Å². The molecule has 5 nitrogen and oxygen atoms in total. The Balaban J connectivity index is 1.97. The van der Waals surface area contributed by atoms with E-state index in [9.17, 15) is 20.1 Å². The molecule has 4 N–H and O–H groups in total. The lowest BCUT2D eigenvalue weighted by molar-refractivity contribution is -0.121. The maximum Gasteiger partial charge on any atom is 0.219 e. The monoisotopic (exact) mass is 419 g/mol. The Bertz CT molecular complexity index is 831. The first-order valence-corrected chi connectivity index (χ1v) is 10.7. The van der Waals surface area contributed by atoms with Crippen LogP contribution in [0.1, 0.15) is 56.4 Å². The SMILES string of the molecule is [2H]C([2H])(C=CCC1C(O)CC(O)C1C=CC(O)CCc1ccccc1)C([2H])([2H])CC(=O)NCC. The van der Waals surface area contributed by atoms with Gasteiger partial charge in [0.2, 0.25) is 5.91 Å². The van der Waals surface area contributed by atoms with E-state index >= 15 is 0 Å². The van der Waals surface area contributed by atoms with E-state index < -0.39 is 55.2 Å². The first-order chi connectivity index (χ1) is 16.0. The van der Waals surface area contributed by atoms with Gasteiger partial charge in [-0.05, 0) is 50.4 Å². The van der Waals surface area contributed by atoms with E-state index in [0.29, 0.717) is 19.4 Å². The molecule has 0 radical (unpaired) electrons. The van der Waals surface area contributed by atoms with Crippen LogP contribution in [0.4, 0.5) is 0 Å². The predicted octanol–water partition coefficient (Wildman–Crippen LogP) is 3.15. The van der Waals surface area contributed by atoms with Crippen LogP contribution in [-0.2, 0) is 11.2 Å². The van der Waals surface area contributed by atoms with Gasteiger partial charge in [-0.25, -0.2) is 0 Å². The summed E-state index contributed by atoms with van der Waals surface area (Å²) in [7, 11) is 0. The van der Waals surface area contributed by atoms with E-state index in [4.69, 9.17) is 5.48 Å².